The summed E-state index contributed by atoms with van der Waals surface area (Å²) in [5.74, 6) is 0. The minimum Gasteiger partial charge on any atom is -0.236 e. The molecule has 0 aliphatic carbocycles. The van der Waals surface area contributed by atoms with Crippen molar-refractivity contribution in [2.24, 2.45) is 0 Å². The number of nitriles is 1. The Hall–Kier alpha value is -2.38. The summed E-state index contributed by atoms with van der Waals surface area (Å²) in [4.78, 5) is 9.70. The zero-order valence-electron chi connectivity index (χ0n) is 10.9. The van der Waals surface area contributed by atoms with Crippen molar-refractivity contribution in [3.63, 3.8) is 0 Å². The summed E-state index contributed by atoms with van der Waals surface area (Å²) in [5, 5.41) is 10.9. The molecule has 3 rings (SSSR count). The van der Waals surface area contributed by atoms with Gasteiger partial charge in [0.1, 0.15) is 11.4 Å². The van der Waals surface area contributed by atoms with Gasteiger partial charge in [0.25, 0.3) is 0 Å². The highest BCUT2D eigenvalue weighted by Gasteiger charge is 2.06. The van der Waals surface area contributed by atoms with Crippen LogP contribution in [0.1, 0.15) is 11.1 Å². The van der Waals surface area contributed by atoms with Gasteiger partial charge in [0, 0.05) is 10.3 Å². The molecule has 96 valence electrons. The molecule has 1 heterocycles. The van der Waals surface area contributed by atoms with Gasteiger partial charge < -0.3 is 0 Å². The fourth-order valence-corrected chi connectivity index (χ4v) is 2.98. The number of para-hydroxylation sites is 1. The Kier molecular flexibility index (Phi) is 3.36. The van der Waals surface area contributed by atoms with Crippen LogP contribution in [0.2, 0.25) is 0 Å². The summed E-state index contributed by atoms with van der Waals surface area (Å²) in [7, 11) is 0. The van der Waals surface area contributed by atoms with Crippen LogP contribution in [0.25, 0.3) is 10.9 Å². The van der Waals surface area contributed by atoms with Crippen molar-refractivity contribution >= 4 is 22.7 Å². The van der Waals surface area contributed by atoms with Gasteiger partial charge in [-0.25, -0.2) is 9.97 Å². The number of hydrogen-bond acceptors (Lipinski definition) is 4. The summed E-state index contributed by atoms with van der Waals surface area (Å²) in [6.07, 6.45) is 1.58. The third-order valence-electron chi connectivity index (χ3n) is 3.04. The minimum atomic E-state index is 0.710. The second-order valence-electron chi connectivity index (χ2n) is 4.39. The maximum absolute atomic E-state index is 8.96. The minimum absolute atomic E-state index is 0.710. The van der Waals surface area contributed by atoms with E-state index in [4.69, 9.17) is 5.26 Å². The SMILES string of the molecule is Cc1cc(Sc2ncnc3ccccc23)ccc1C#N. The fraction of sp³-hybridized carbons (Fsp3) is 0.0625. The van der Waals surface area contributed by atoms with Crippen molar-refractivity contribution in [2.75, 3.05) is 0 Å². The zero-order valence-corrected chi connectivity index (χ0v) is 11.7. The summed E-state index contributed by atoms with van der Waals surface area (Å²) >= 11 is 1.59. The number of rotatable bonds is 2. The quantitative estimate of drug-likeness (QED) is 0.665. The summed E-state index contributed by atoms with van der Waals surface area (Å²) < 4.78 is 0. The molecule has 0 aliphatic rings. The molecule has 0 saturated heterocycles. The molecule has 0 fully saturated rings. The molecule has 0 aliphatic heterocycles. The molecule has 0 bridgehead atoms. The molecule has 0 radical (unpaired) electrons. The van der Waals surface area contributed by atoms with Crippen molar-refractivity contribution in [1.82, 2.24) is 9.97 Å². The second-order valence-corrected chi connectivity index (χ2v) is 5.45. The van der Waals surface area contributed by atoms with Crippen LogP contribution in [0.15, 0.2) is 58.7 Å². The standard InChI is InChI=1S/C16H11N3S/c1-11-8-13(7-6-12(11)9-17)20-16-14-4-2-3-5-15(14)18-10-19-16/h2-8,10H,1H3. The summed E-state index contributed by atoms with van der Waals surface area (Å²) in [6, 6.07) is 15.9. The van der Waals surface area contributed by atoms with Gasteiger partial charge in [-0.3, -0.25) is 0 Å². The lowest BCUT2D eigenvalue weighted by Gasteiger charge is -2.06. The molecule has 0 spiro atoms. The fourth-order valence-electron chi connectivity index (χ4n) is 2.00. The Balaban J connectivity index is 2.02. The van der Waals surface area contributed by atoms with Gasteiger partial charge in [-0.2, -0.15) is 5.26 Å². The average Bonchev–Trinajstić information content (AvgIpc) is 2.48. The van der Waals surface area contributed by atoms with Crippen molar-refractivity contribution < 1.29 is 0 Å². The van der Waals surface area contributed by atoms with Crippen molar-refractivity contribution in [3.05, 3.63) is 59.9 Å². The van der Waals surface area contributed by atoms with Gasteiger partial charge in [0.05, 0.1) is 17.1 Å². The second kappa shape index (κ2) is 5.32. The van der Waals surface area contributed by atoms with Crippen LogP contribution in [0.5, 0.6) is 0 Å². The van der Waals surface area contributed by atoms with Crippen LogP contribution in [0, 0.1) is 18.3 Å². The Morgan fingerprint density at radius 2 is 1.95 bits per heavy atom. The predicted octanol–water partition coefficient (Wildman–Crippen LogP) is 3.96. The Morgan fingerprint density at radius 3 is 2.75 bits per heavy atom. The number of hydrogen-bond donors (Lipinski definition) is 0. The van der Waals surface area contributed by atoms with Crippen molar-refractivity contribution in [3.8, 4) is 6.07 Å². The first-order chi connectivity index (χ1) is 9.78. The molecular weight excluding hydrogens is 266 g/mol. The lowest BCUT2D eigenvalue weighted by molar-refractivity contribution is 1.10. The lowest BCUT2D eigenvalue weighted by atomic mass is 10.1. The van der Waals surface area contributed by atoms with Crippen LogP contribution >= 0.6 is 11.8 Å². The van der Waals surface area contributed by atoms with Gasteiger partial charge in [0.2, 0.25) is 0 Å². The van der Waals surface area contributed by atoms with Crippen LogP contribution in [-0.2, 0) is 0 Å². The maximum Gasteiger partial charge on any atom is 0.117 e. The molecule has 0 amide bonds. The lowest BCUT2D eigenvalue weighted by Crippen LogP contribution is -1.87. The first-order valence-electron chi connectivity index (χ1n) is 6.16. The van der Waals surface area contributed by atoms with Crippen LogP contribution in [-0.4, -0.2) is 9.97 Å². The van der Waals surface area contributed by atoms with Gasteiger partial charge in [-0.15, -0.1) is 0 Å². The average molecular weight is 277 g/mol. The number of aryl methyl sites for hydroxylation is 1. The largest absolute Gasteiger partial charge is 0.236 e. The molecule has 1 aromatic heterocycles. The number of benzene rings is 2. The van der Waals surface area contributed by atoms with E-state index in [2.05, 4.69) is 16.0 Å². The zero-order chi connectivity index (χ0) is 13.9. The van der Waals surface area contributed by atoms with E-state index in [-0.39, 0.29) is 0 Å². The molecule has 2 aromatic carbocycles. The van der Waals surface area contributed by atoms with E-state index >= 15 is 0 Å². The molecule has 3 nitrogen and oxygen atoms in total. The number of aromatic nitrogens is 2. The Morgan fingerprint density at radius 1 is 1.10 bits per heavy atom. The first-order valence-corrected chi connectivity index (χ1v) is 6.98. The smallest absolute Gasteiger partial charge is 0.117 e. The predicted molar refractivity (Wildman–Crippen MR) is 79.6 cm³/mol. The van der Waals surface area contributed by atoms with Gasteiger partial charge in [0.15, 0.2) is 0 Å². The molecule has 20 heavy (non-hydrogen) atoms. The van der Waals surface area contributed by atoms with E-state index in [1.165, 1.54) is 0 Å². The molecule has 0 N–H and O–H groups in total. The maximum atomic E-state index is 8.96. The summed E-state index contributed by atoms with van der Waals surface area (Å²) in [6.45, 7) is 1.95. The highest BCUT2D eigenvalue weighted by molar-refractivity contribution is 7.99. The molecule has 0 saturated carbocycles. The van der Waals surface area contributed by atoms with E-state index < -0.39 is 0 Å². The van der Waals surface area contributed by atoms with Crippen molar-refractivity contribution in [2.45, 2.75) is 16.8 Å². The molecule has 4 heteroatoms. The highest BCUT2D eigenvalue weighted by Crippen LogP contribution is 2.31. The van der Waals surface area contributed by atoms with Crippen LogP contribution < -0.4 is 0 Å². The van der Waals surface area contributed by atoms with Crippen molar-refractivity contribution in [1.29, 1.82) is 5.26 Å². The third kappa shape index (κ3) is 2.36. The van der Waals surface area contributed by atoms with Crippen LogP contribution in [0.4, 0.5) is 0 Å². The topological polar surface area (TPSA) is 49.6 Å². The van der Waals surface area contributed by atoms with E-state index in [0.717, 1.165) is 26.4 Å². The van der Waals surface area contributed by atoms with Gasteiger partial charge in [-0.1, -0.05) is 30.0 Å². The highest BCUT2D eigenvalue weighted by atomic mass is 32.2. The Bertz CT molecular complexity index is 816. The number of fused-ring (bicyclic) bond motifs is 1. The number of nitrogens with zero attached hydrogens (tertiary/aromatic N) is 3. The normalized spacial score (nSPS) is 10.4. The summed E-state index contributed by atoms with van der Waals surface area (Å²) in [5.41, 5.74) is 2.63. The first kappa shape index (κ1) is 12.6. The third-order valence-corrected chi connectivity index (χ3v) is 4.05. The van der Waals surface area contributed by atoms with E-state index in [0.29, 0.717) is 5.56 Å². The van der Waals surface area contributed by atoms with Gasteiger partial charge in [-0.05, 0) is 36.8 Å². The van der Waals surface area contributed by atoms with E-state index in [1.54, 1.807) is 18.1 Å². The molecule has 3 aromatic rings. The van der Waals surface area contributed by atoms with E-state index in [9.17, 15) is 0 Å². The van der Waals surface area contributed by atoms with E-state index in [1.807, 2.05) is 49.4 Å². The monoisotopic (exact) mass is 277 g/mol. The molecule has 0 atom stereocenters. The molecule has 0 unspecified atom stereocenters. The van der Waals surface area contributed by atoms with Gasteiger partial charge >= 0.3 is 0 Å². The molecular formula is C16H11N3S. The van der Waals surface area contributed by atoms with Crippen LogP contribution in [0.3, 0.4) is 0 Å². The Labute approximate surface area is 121 Å².